The maximum absolute atomic E-state index is 11.9. The van der Waals surface area contributed by atoms with E-state index in [1.54, 1.807) is 17.0 Å². The van der Waals surface area contributed by atoms with Crippen molar-refractivity contribution >= 4 is 49.0 Å². The first kappa shape index (κ1) is 25.1. The number of benzene rings is 1. The minimum atomic E-state index is -2.00. The quantitative estimate of drug-likeness (QED) is 0.244. The zero-order valence-corrected chi connectivity index (χ0v) is 21.1. The van der Waals surface area contributed by atoms with E-state index in [1.165, 1.54) is 0 Å². The van der Waals surface area contributed by atoms with E-state index in [2.05, 4.69) is 39.2 Å². The van der Waals surface area contributed by atoms with Crippen LogP contribution in [0.4, 0.5) is 16.2 Å². The van der Waals surface area contributed by atoms with Crippen molar-refractivity contribution in [1.29, 1.82) is 0 Å². The molecule has 2 atom stereocenters. The van der Waals surface area contributed by atoms with Gasteiger partial charge in [-0.15, -0.1) is 0 Å². The van der Waals surface area contributed by atoms with Crippen LogP contribution in [-0.4, -0.2) is 49.7 Å². The standard InChI is InChI=1S/C21H35Cl2N3O3Si/c1-21(2,3)30(4,5)29-17-9-7-13-26(20(27)28)16(17)8-6-12-25-15-11-10-14(22)18(23)19(15)24/h10-11,16-17,25H,6-9,12-13,24H2,1-5H3,(H,27,28)/t16-,17+/m1/s1. The van der Waals surface area contributed by atoms with E-state index in [1.807, 2.05) is 0 Å². The number of likely N-dealkylation sites (tertiary alicyclic amines) is 1. The monoisotopic (exact) mass is 475 g/mol. The van der Waals surface area contributed by atoms with Crippen LogP contribution in [0, 0.1) is 0 Å². The molecule has 0 radical (unpaired) electrons. The van der Waals surface area contributed by atoms with Gasteiger partial charge in [-0.25, -0.2) is 4.79 Å². The minimum absolute atomic E-state index is 0.0641. The second-order valence-corrected chi connectivity index (χ2v) is 15.0. The van der Waals surface area contributed by atoms with E-state index in [-0.39, 0.29) is 17.2 Å². The molecule has 0 spiro atoms. The molecule has 0 bridgehead atoms. The van der Waals surface area contributed by atoms with E-state index < -0.39 is 14.4 Å². The van der Waals surface area contributed by atoms with Crippen LogP contribution >= 0.6 is 23.2 Å². The third-order valence-corrected chi connectivity index (χ3v) is 11.7. The maximum atomic E-state index is 11.9. The molecule has 170 valence electrons. The lowest BCUT2D eigenvalue weighted by Crippen LogP contribution is -2.55. The topological polar surface area (TPSA) is 87.8 Å². The highest BCUT2D eigenvalue weighted by molar-refractivity contribution is 6.74. The average molecular weight is 477 g/mol. The predicted molar refractivity (Wildman–Crippen MR) is 128 cm³/mol. The van der Waals surface area contributed by atoms with Crippen LogP contribution in [0.25, 0.3) is 0 Å². The SMILES string of the molecule is CC(C)(C)[Si](C)(C)O[C@H]1CCCN(C(=O)O)[C@@H]1CCCNc1ccc(Cl)c(Cl)c1N. The zero-order valence-electron chi connectivity index (χ0n) is 18.6. The summed E-state index contributed by atoms with van der Waals surface area (Å²) >= 11 is 12.1. The van der Waals surface area contributed by atoms with Crippen LogP contribution in [0.3, 0.4) is 0 Å². The fraction of sp³-hybridized carbons (Fsp3) is 0.667. The Morgan fingerprint density at radius 3 is 2.63 bits per heavy atom. The van der Waals surface area contributed by atoms with Crippen molar-refractivity contribution in [3.05, 3.63) is 22.2 Å². The van der Waals surface area contributed by atoms with Gasteiger partial charge >= 0.3 is 6.09 Å². The summed E-state index contributed by atoms with van der Waals surface area (Å²) in [7, 11) is -2.00. The molecule has 0 aliphatic carbocycles. The Morgan fingerprint density at radius 2 is 2.03 bits per heavy atom. The maximum Gasteiger partial charge on any atom is 0.407 e. The number of amides is 1. The zero-order chi connectivity index (χ0) is 22.7. The first-order chi connectivity index (χ1) is 13.8. The summed E-state index contributed by atoms with van der Waals surface area (Å²) in [6.07, 6.45) is 2.30. The highest BCUT2D eigenvalue weighted by atomic mass is 35.5. The molecule has 4 N–H and O–H groups in total. The Kier molecular flexibility index (Phi) is 8.35. The highest BCUT2D eigenvalue weighted by Gasteiger charge is 2.43. The number of carboxylic acid groups (broad SMARTS) is 1. The van der Waals surface area contributed by atoms with Gasteiger partial charge in [0.25, 0.3) is 0 Å². The number of hydrogen-bond acceptors (Lipinski definition) is 4. The summed E-state index contributed by atoms with van der Waals surface area (Å²) in [6, 6.07) is 3.37. The fourth-order valence-corrected chi connectivity index (χ4v) is 5.26. The minimum Gasteiger partial charge on any atom is -0.465 e. The number of hydrogen-bond donors (Lipinski definition) is 3. The van der Waals surface area contributed by atoms with Crippen molar-refractivity contribution in [3.63, 3.8) is 0 Å². The molecule has 0 unspecified atom stereocenters. The lowest BCUT2D eigenvalue weighted by Gasteiger charge is -2.46. The van der Waals surface area contributed by atoms with Crippen molar-refractivity contribution in [2.75, 3.05) is 24.1 Å². The van der Waals surface area contributed by atoms with E-state index >= 15 is 0 Å². The number of nitrogens with two attached hydrogens (primary N) is 1. The third-order valence-electron chi connectivity index (χ3n) is 6.34. The number of nitrogens with zero attached hydrogens (tertiary/aromatic N) is 1. The number of anilines is 2. The number of carbonyl (C=O) groups is 1. The van der Waals surface area contributed by atoms with Gasteiger partial charge in [0.05, 0.1) is 33.6 Å². The Bertz CT molecular complexity index is 756. The fourth-order valence-electron chi connectivity index (χ4n) is 3.55. The van der Waals surface area contributed by atoms with Crippen LogP contribution in [-0.2, 0) is 4.43 Å². The van der Waals surface area contributed by atoms with Crippen molar-refractivity contribution in [2.24, 2.45) is 0 Å². The molecule has 0 aromatic heterocycles. The van der Waals surface area contributed by atoms with Crippen molar-refractivity contribution in [2.45, 2.75) is 76.7 Å². The lowest BCUT2D eigenvalue weighted by molar-refractivity contribution is 0.0189. The molecule has 1 saturated heterocycles. The largest absolute Gasteiger partial charge is 0.465 e. The second-order valence-electron chi connectivity index (χ2n) is 9.49. The van der Waals surface area contributed by atoms with Crippen LogP contribution in [0.1, 0.15) is 46.5 Å². The summed E-state index contributed by atoms with van der Waals surface area (Å²) < 4.78 is 6.66. The van der Waals surface area contributed by atoms with E-state index in [9.17, 15) is 9.90 Å². The average Bonchev–Trinajstić information content (AvgIpc) is 2.64. The first-order valence-electron chi connectivity index (χ1n) is 10.5. The summed E-state index contributed by atoms with van der Waals surface area (Å²) in [5.74, 6) is 0. The van der Waals surface area contributed by atoms with Gasteiger partial charge in [0, 0.05) is 13.1 Å². The Labute approximate surface area is 191 Å². The van der Waals surface area contributed by atoms with Gasteiger partial charge in [-0.2, -0.15) is 0 Å². The molecule has 2 rings (SSSR count). The van der Waals surface area contributed by atoms with Gasteiger partial charge < -0.3 is 25.5 Å². The van der Waals surface area contributed by atoms with Crippen molar-refractivity contribution < 1.29 is 14.3 Å². The molecule has 1 amide bonds. The van der Waals surface area contributed by atoms with Gasteiger partial charge in [-0.3, -0.25) is 0 Å². The Balaban J connectivity index is 2.04. The molecular formula is C21H35Cl2N3O3Si. The van der Waals surface area contributed by atoms with E-state index in [0.29, 0.717) is 28.8 Å². The third kappa shape index (κ3) is 5.96. The predicted octanol–water partition coefficient (Wildman–Crippen LogP) is 6.30. The molecule has 1 aromatic carbocycles. The van der Waals surface area contributed by atoms with Gasteiger partial charge in [0.15, 0.2) is 8.32 Å². The number of halogens is 2. The molecule has 1 heterocycles. The molecular weight excluding hydrogens is 441 g/mol. The van der Waals surface area contributed by atoms with Crippen LogP contribution in [0.2, 0.25) is 28.2 Å². The van der Waals surface area contributed by atoms with Gasteiger partial charge in [-0.1, -0.05) is 44.0 Å². The normalized spacial score (nSPS) is 20.3. The molecule has 1 fully saturated rings. The number of nitrogens with one attached hydrogen (secondary N) is 1. The van der Waals surface area contributed by atoms with Crippen LogP contribution in [0.5, 0.6) is 0 Å². The summed E-state index contributed by atoms with van der Waals surface area (Å²) in [6.45, 7) is 12.3. The number of nitrogen functional groups attached to an aromatic ring is 1. The van der Waals surface area contributed by atoms with Crippen molar-refractivity contribution in [1.82, 2.24) is 4.90 Å². The highest BCUT2D eigenvalue weighted by Crippen LogP contribution is 2.39. The molecule has 6 nitrogen and oxygen atoms in total. The summed E-state index contributed by atoms with van der Waals surface area (Å²) in [5.41, 5.74) is 7.18. The number of piperidine rings is 1. The van der Waals surface area contributed by atoms with Gasteiger partial charge in [0.2, 0.25) is 0 Å². The Morgan fingerprint density at radius 1 is 1.37 bits per heavy atom. The van der Waals surface area contributed by atoms with Gasteiger partial charge in [-0.05, 0) is 55.9 Å². The lowest BCUT2D eigenvalue weighted by atomic mass is 9.95. The van der Waals surface area contributed by atoms with E-state index in [0.717, 1.165) is 31.4 Å². The summed E-state index contributed by atoms with van der Waals surface area (Å²) in [5, 5.41) is 13.9. The van der Waals surface area contributed by atoms with Crippen molar-refractivity contribution in [3.8, 4) is 0 Å². The Hall–Kier alpha value is -1.15. The first-order valence-corrected chi connectivity index (χ1v) is 14.2. The number of rotatable bonds is 7. The molecule has 9 heteroatoms. The van der Waals surface area contributed by atoms with E-state index in [4.69, 9.17) is 33.4 Å². The molecule has 0 saturated carbocycles. The van der Waals surface area contributed by atoms with Gasteiger partial charge in [0.1, 0.15) is 0 Å². The molecule has 1 aromatic rings. The second kappa shape index (κ2) is 9.98. The molecule has 1 aliphatic rings. The van der Waals surface area contributed by atoms with Crippen LogP contribution in [0.15, 0.2) is 12.1 Å². The van der Waals surface area contributed by atoms with Crippen LogP contribution < -0.4 is 11.1 Å². The smallest absolute Gasteiger partial charge is 0.407 e. The summed E-state index contributed by atoms with van der Waals surface area (Å²) in [4.78, 5) is 13.4. The molecule has 1 aliphatic heterocycles. The molecule has 30 heavy (non-hydrogen) atoms.